The summed E-state index contributed by atoms with van der Waals surface area (Å²) in [6.45, 7) is 0.665. The van der Waals surface area contributed by atoms with Gasteiger partial charge in [0.2, 0.25) is 5.91 Å². The summed E-state index contributed by atoms with van der Waals surface area (Å²) in [6, 6.07) is 8.84. The maximum absolute atomic E-state index is 12.3. The molecule has 0 saturated carbocycles. The molecule has 1 saturated heterocycles. The number of carbonyl (C=O) groups is 2. The Kier molecular flexibility index (Phi) is 3.65. The lowest BCUT2D eigenvalue weighted by Crippen LogP contribution is -2.45. The van der Waals surface area contributed by atoms with Gasteiger partial charge in [0.05, 0.1) is 0 Å². The van der Waals surface area contributed by atoms with Crippen LogP contribution in [0.2, 0.25) is 0 Å². The van der Waals surface area contributed by atoms with E-state index in [1.807, 2.05) is 18.2 Å². The lowest BCUT2D eigenvalue weighted by atomic mass is 10.1. The normalized spacial score (nSPS) is 18.8. The van der Waals surface area contributed by atoms with Crippen molar-refractivity contribution >= 4 is 11.8 Å². The minimum Gasteiger partial charge on any atom is -0.347 e. The lowest BCUT2D eigenvalue weighted by Gasteiger charge is -2.26. The highest BCUT2D eigenvalue weighted by Crippen LogP contribution is 2.21. The number of nitrogens with zero attached hydrogens (tertiary/aromatic N) is 2. The van der Waals surface area contributed by atoms with E-state index in [9.17, 15) is 9.59 Å². The van der Waals surface area contributed by atoms with E-state index in [0.29, 0.717) is 12.1 Å². The van der Waals surface area contributed by atoms with Crippen molar-refractivity contribution in [2.45, 2.75) is 18.9 Å². The van der Waals surface area contributed by atoms with Crippen LogP contribution >= 0.6 is 0 Å². The van der Waals surface area contributed by atoms with Gasteiger partial charge in [0, 0.05) is 26.2 Å². The van der Waals surface area contributed by atoms with Gasteiger partial charge >= 0.3 is 0 Å². The Hall–Kier alpha value is -1.84. The summed E-state index contributed by atoms with van der Waals surface area (Å²) in [7, 11) is 3.46. The molecule has 1 aromatic rings. The van der Waals surface area contributed by atoms with Gasteiger partial charge in [-0.1, -0.05) is 18.2 Å². The van der Waals surface area contributed by atoms with Crippen LogP contribution in [-0.4, -0.2) is 48.3 Å². The van der Waals surface area contributed by atoms with Crippen LogP contribution in [0, 0.1) is 0 Å². The van der Waals surface area contributed by atoms with E-state index >= 15 is 0 Å². The summed E-state index contributed by atoms with van der Waals surface area (Å²) >= 11 is 0. The van der Waals surface area contributed by atoms with Gasteiger partial charge < -0.3 is 9.80 Å². The summed E-state index contributed by atoms with van der Waals surface area (Å²) in [5, 5.41) is 0. The molecule has 1 aromatic carbocycles. The number of likely N-dealkylation sites (N-methyl/N-ethyl adjacent to an activating group) is 1. The number of likely N-dealkylation sites (tertiary alicyclic amines) is 1. The zero-order chi connectivity index (χ0) is 13.1. The fourth-order valence-corrected chi connectivity index (χ4v) is 2.31. The Balaban J connectivity index is 2.17. The lowest BCUT2D eigenvalue weighted by molar-refractivity contribution is -0.132. The molecule has 0 N–H and O–H groups in total. The first-order valence-electron chi connectivity index (χ1n) is 6.18. The van der Waals surface area contributed by atoms with E-state index in [2.05, 4.69) is 0 Å². The van der Waals surface area contributed by atoms with Gasteiger partial charge in [-0.15, -0.1) is 0 Å². The summed E-state index contributed by atoms with van der Waals surface area (Å²) in [5.74, 6) is -0.0370. The molecule has 1 aliphatic heterocycles. The number of rotatable bonds is 2. The summed E-state index contributed by atoms with van der Waals surface area (Å²) < 4.78 is 0. The standard InChI is InChI=1S/C14H18N2O2/c1-15(2)14(18)12-9-6-10-16(12)13(17)11-7-4-3-5-8-11/h3-5,7-8,12H,6,9-10H2,1-2H3/t12-/m0/s1. The number of hydrogen-bond donors (Lipinski definition) is 0. The highest BCUT2D eigenvalue weighted by Gasteiger charge is 2.35. The van der Waals surface area contributed by atoms with E-state index in [0.717, 1.165) is 12.8 Å². The quantitative estimate of drug-likeness (QED) is 0.791. The zero-order valence-corrected chi connectivity index (χ0v) is 10.8. The van der Waals surface area contributed by atoms with Gasteiger partial charge in [-0.2, -0.15) is 0 Å². The van der Waals surface area contributed by atoms with Crippen LogP contribution in [0.4, 0.5) is 0 Å². The minimum absolute atomic E-state index is 0.0109. The molecule has 0 unspecified atom stereocenters. The molecule has 0 spiro atoms. The molecule has 2 amide bonds. The third-order valence-corrected chi connectivity index (χ3v) is 3.26. The fraction of sp³-hybridized carbons (Fsp3) is 0.429. The van der Waals surface area contributed by atoms with Gasteiger partial charge in [-0.3, -0.25) is 9.59 Å². The number of amides is 2. The average molecular weight is 246 g/mol. The number of benzene rings is 1. The van der Waals surface area contributed by atoms with Crippen LogP contribution in [-0.2, 0) is 4.79 Å². The first kappa shape index (κ1) is 12.6. The van der Waals surface area contributed by atoms with E-state index in [4.69, 9.17) is 0 Å². The van der Waals surface area contributed by atoms with Crippen LogP contribution in [0.1, 0.15) is 23.2 Å². The largest absolute Gasteiger partial charge is 0.347 e. The smallest absolute Gasteiger partial charge is 0.254 e. The molecule has 4 nitrogen and oxygen atoms in total. The van der Waals surface area contributed by atoms with E-state index < -0.39 is 0 Å². The Labute approximate surface area is 107 Å². The highest BCUT2D eigenvalue weighted by atomic mass is 16.2. The van der Waals surface area contributed by atoms with Gasteiger partial charge in [-0.25, -0.2) is 0 Å². The van der Waals surface area contributed by atoms with Crippen LogP contribution in [0.15, 0.2) is 30.3 Å². The first-order valence-corrected chi connectivity index (χ1v) is 6.18. The van der Waals surface area contributed by atoms with Gasteiger partial charge in [-0.05, 0) is 25.0 Å². The Morgan fingerprint density at radius 3 is 2.50 bits per heavy atom. The maximum atomic E-state index is 12.3. The second kappa shape index (κ2) is 5.21. The van der Waals surface area contributed by atoms with Crippen LogP contribution in [0.5, 0.6) is 0 Å². The van der Waals surface area contributed by atoms with Gasteiger partial charge in [0.25, 0.3) is 5.91 Å². The molecule has 96 valence electrons. The van der Waals surface area contributed by atoms with Crippen LogP contribution in [0.25, 0.3) is 0 Å². The van der Waals surface area contributed by atoms with Crippen molar-refractivity contribution in [1.29, 1.82) is 0 Å². The summed E-state index contributed by atoms with van der Waals surface area (Å²) in [5.41, 5.74) is 0.649. The maximum Gasteiger partial charge on any atom is 0.254 e. The molecular weight excluding hydrogens is 228 g/mol. The summed E-state index contributed by atoms with van der Waals surface area (Å²) in [6.07, 6.45) is 1.65. The second-order valence-electron chi connectivity index (χ2n) is 4.76. The van der Waals surface area contributed by atoms with Gasteiger partial charge in [0.1, 0.15) is 6.04 Å². The van der Waals surface area contributed by atoms with Crippen molar-refractivity contribution in [2.75, 3.05) is 20.6 Å². The van der Waals surface area contributed by atoms with E-state index in [1.54, 1.807) is 36.0 Å². The molecular formula is C14H18N2O2. The molecule has 4 heteroatoms. The van der Waals surface area contributed by atoms with Crippen LogP contribution < -0.4 is 0 Å². The molecule has 1 heterocycles. The van der Waals surface area contributed by atoms with Crippen molar-refractivity contribution in [3.05, 3.63) is 35.9 Å². The molecule has 18 heavy (non-hydrogen) atoms. The Morgan fingerprint density at radius 1 is 1.22 bits per heavy atom. The molecule has 0 bridgehead atoms. The molecule has 2 rings (SSSR count). The molecule has 0 radical (unpaired) electrons. The predicted molar refractivity (Wildman–Crippen MR) is 69.2 cm³/mol. The van der Waals surface area contributed by atoms with E-state index in [-0.39, 0.29) is 17.9 Å². The Bertz CT molecular complexity index is 442. The molecule has 0 aliphatic carbocycles. The average Bonchev–Trinajstić information content (AvgIpc) is 2.87. The highest BCUT2D eigenvalue weighted by molar-refractivity contribution is 5.97. The number of hydrogen-bond acceptors (Lipinski definition) is 2. The van der Waals surface area contributed by atoms with Crippen molar-refractivity contribution < 1.29 is 9.59 Å². The third kappa shape index (κ3) is 2.37. The zero-order valence-electron chi connectivity index (χ0n) is 10.8. The summed E-state index contributed by atoms with van der Waals surface area (Å²) in [4.78, 5) is 27.6. The number of carbonyl (C=O) groups excluding carboxylic acids is 2. The van der Waals surface area contributed by atoms with Crippen molar-refractivity contribution in [2.24, 2.45) is 0 Å². The molecule has 1 fully saturated rings. The van der Waals surface area contributed by atoms with Crippen LogP contribution in [0.3, 0.4) is 0 Å². The monoisotopic (exact) mass is 246 g/mol. The molecule has 0 aromatic heterocycles. The second-order valence-corrected chi connectivity index (χ2v) is 4.76. The topological polar surface area (TPSA) is 40.6 Å². The van der Waals surface area contributed by atoms with Crippen molar-refractivity contribution in [1.82, 2.24) is 9.80 Å². The van der Waals surface area contributed by atoms with Gasteiger partial charge in [0.15, 0.2) is 0 Å². The van der Waals surface area contributed by atoms with Crippen molar-refractivity contribution in [3.8, 4) is 0 Å². The van der Waals surface area contributed by atoms with Crippen molar-refractivity contribution in [3.63, 3.8) is 0 Å². The Morgan fingerprint density at radius 2 is 1.89 bits per heavy atom. The minimum atomic E-state index is -0.298. The van der Waals surface area contributed by atoms with E-state index in [1.165, 1.54) is 0 Å². The SMILES string of the molecule is CN(C)C(=O)[C@@H]1CCCN1C(=O)c1ccccc1. The fourth-order valence-electron chi connectivity index (χ4n) is 2.31. The predicted octanol–water partition coefficient (Wildman–Crippen LogP) is 1.38. The molecule has 1 aliphatic rings. The third-order valence-electron chi connectivity index (χ3n) is 3.26. The first-order chi connectivity index (χ1) is 8.61. The molecule has 1 atom stereocenters.